The number of halogens is 1. The number of methoxy groups -OCH3 is 1. The smallest absolute Gasteiger partial charge is 0.165 e. The summed E-state index contributed by atoms with van der Waals surface area (Å²) in [6.45, 7) is 0. The monoisotopic (exact) mass is 221 g/mol. The van der Waals surface area contributed by atoms with Crippen molar-refractivity contribution in [1.82, 2.24) is 0 Å². The molecule has 2 aliphatic rings. The topological polar surface area (TPSA) is 35.2 Å². The van der Waals surface area contributed by atoms with Gasteiger partial charge in [-0.25, -0.2) is 4.39 Å². The van der Waals surface area contributed by atoms with E-state index in [4.69, 9.17) is 10.5 Å². The highest BCUT2D eigenvalue weighted by atomic mass is 19.1. The molecule has 0 heterocycles. The Bertz CT molecular complexity index is 436. The molecule has 3 rings (SSSR count). The first-order valence-corrected chi connectivity index (χ1v) is 5.74. The Morgan fingerprint density at radius 3 is 2.44 bits per heavy atom. The Morgan fingerprint density at radius 1 is 1.25 bits per heavy atom. The van der Waals surface area contributed by atoms with Crippen LogP contribution in [0.4, 0.5) is 4.39 Å². The Hall–Kier alpha value is -1.09. The second-order valence-electron chi connectivity index (χ2n) is 5.09. The highest BCUT2D eigenvalue weighted by Gasteiger charge is 2.64. The third-order valence-corrected chi connectivity index (χ3v) is 4.20. The number of nitrogens with two attached hydrogens (primary N) is 1. The van der Waals surface area contributed by atoms with Gasteiger partial charge < -0.3 is 10.5 Å². The van der Waals surface area contributed by atoms with Gasteiger partial charge in [0.05, 0.1) is 7.11 Å². The summed E-state index contributed by atoms with van der Waals surface area (Å²) in [7, 11) is 1.50. The number of benzene rings is 1. The average molecular weight is 221 g/mol. The zero-order valence-corrected chi connectivity index (χ0v) is 9.42. The molecule has 2 fully saturated rings. The molecule has 2 N–H and O–H groups in total. The number of hydrogen-bond donors (Lipinski definition) is 1. The molecule has 2 nitrogen and oxygen atoms in total. The molecule has 1 aromatic carbocycles. The molecule has 0 amide bonds. The van der Waals surface area contributed by atoms with Gasteiger partial charge in [0.1, 0.15) is 0 Å². The highest BCUT2D eigenvalue weighted by Crippen LogP contribution is 2.63. The van der Waals surface area contributed by atoms with E-state index in [1.165, 1.54) is 13.2 Å². The zero-order valence-electron chi connectivity index (χ0n) is 9.42. The van der Waals surface area contributed by atoms with Crippen molar-refractivity contribution in [2.24, 2.45) is 5.73 Å². The summed E-state index contributed by atoms with van der Waals surface area (Å²) in [6.07, 6.45) is 4.43. The SMILES string of the molecule is COc1cc(C2(C3(N)CC3)CC2)ccc1F. The van der Waals surface area contributed by atoms with Crippen LogP contribution in [0.15, 0.2) is 18.2 Å². The first kappa shape index (κ1) is 10.1. The molecule has 0 atom stereocenters. The van der Waals surface area contributed by atoms with Crippen LogP contribution in [0, 0.1) is 5.82 Å². The van der Waals surface area contributed by atoms with E-state index in [1.807, 2.05) is 12.1 Å². The van der Waals surface area contributed by atoms with Crippen LogP contribution < -0.4 is 10.5 Å². The van der Waals surface area contributed by atoms with Crippen LogP contribution in [0.2, 0.25) is 0 Å². The summed E-state index contributed by atoms with van der Waals surface area (Å²) < 4.78 is 18.4. The molecular formula is C13H16FNO. The Morgan fingerprint density at radius 2 is 1.94 bits per heavy atom. The van der Waals surface area contributed by atoms with Gasteiger partial charge in [-0.15, -0.1) is 0 Å². The third-order valence-electron chi connectivity index (χ3n) is 4.20. The minimum absolute atomic E-state index is 0.0319. The maximum Gasteiger partial charge on any atom is 0.165 e. The van der Waals surface area contributed by atoms with Crippen molar-refractivity contribution in [1.29, 1.82) is 0 Å². The fraction of sp³-hybridized carbons (Fsp3) is 0.538. The van der Waals surface area contributed by atoms with E-state index in [9.17, 15) is 4.39 Å². The van der Waals surface area contributed by atoms with Crippen molar-refractivity contribution in [3.05, 3.63) is 29.6 Å². The number of ether oxygens (including phenoxy) is 1. The van der Waals surface area contributed by atoms with Gasteiger partial charge in [0, 0.05) is 11.0 Å². The van der Waals surface area contributed by atoms with Crippen LogP contribution in [-0.4, -0.2) is 12.6 Å². The first-order valence-electron chi connectivity index (χ1n) is 5.74. The molecule has 2 aliphatic carbocycles. The molecule has 86 valence electrons. The van der Waals surface area contributed by atoms with E-state index in [-0.39, 0.29) is 16.8 Å². The van der Waals surface area contributed by atoms with Crippen molar-refractivity contribution in [2.75, 3.05) is 7.11 Å². The van der Waals surface area contributed by atoms with Gasteiger partial charge in [0.25, 0.3) is 0 Å². The van der Waals surface area contributed by atoms with E-state index < -0.39 is 0 Å². The predicted molar refractivity (Wildman–Crippen MR) is 60.0 cm³/mol. The summed E-state index contributed by atoms with van der Waals surface area (Å²) in [5.74, 6) is 0.0249. The standard InChI is InChI=1S/C13H16FNO/c1-16-11-8-9(2-3-10(11)14)12(4-5-12)13(15)6-7-13/h2-3,8H,4-7,15H2,1H3. The minimum Gasteiger partial charge on any atom is -0.494 e. The largest absolute Gasteiger partial charge is 0.494 e. The molecule has 0 radical (unpaired) electrons. The second kappa shape index (κ2) is 2.98. The Labute approximate surface area is 94.6 Å². The summed E-state index contributed by atoms with van der Waals surface area (Å²) >= 11 is 0. The van der Waals surface area contributed by atoms with Gasteiger partial charge in [0.2, 0.25) is 0 Å². The van der Waals surface area contributed by atoms with Gasteiger partial charge in [-0.2, -0.15) is 0 Å². The first-order chi connectivity index (χ1) is 7.61. The molecule has 0 unspecified atom stereocenters. The third kappa shape index (κ3) is 1.21. The van der Waals surface area contributed by atoms with Gasteiger partial charge in [-0.3, -0.25) is 0 Å². The van der Waals surface area contributed by atoms with Crippen LogP contribution in [0.5, 0.6) is 5.75 Å². The van der Waals surface area contributed by atoms with Crippen molar-refractivity contribution in [2.45, 2.75) is 36.6 Å². The molecule has 0 bridgehead atoms. The van der Waals surface area contributed by atoms with E-state index in [0.29, 0.717) is 5.75 Å². The summed E-state index contributed by atoms with van der Waals surface area (Å²) in [6, 6.07) is 5.16. The van der Waals surface area contributed by atoms with Crippen LogP contribution in [0.25, 0.3) is 0 Å². The van der Waals surface area contributed by atoms with Gasteiger partial charge in [-0.1, -0.05) is 6.07 Å². The molecule has 0 aliphatic heterocycles. The van der Waals surface area contributed by atoms with Crippen LogP contribution in [-0.2, 0) is 5.41 Å². The van der Waals surface area contributed by atoms with Gasteiger partial charge >= 0.3 is 0 Å². The lowest BCUT2D eigenvalue weighted by Crippen LogP contribution is -2.37. The highest BCUT2D eigenvalue weighted by molar-refractivity contribution is 5.44. The summed E-state index contributed by atoms with van der Waals surface area (Å²) in [4.78, 5) is 0. The summed E-state index contributed by atoms with van der Waals surface area (Å²) in [5.41, 5.74) is 7.53. The molecule has 16 heavy (non-hydrogen) atoms. The van der Waals surface area contributed by atoms with Crippen LogP contribution in [0.1, 0.15) is 31.2 Å². The van der Waals surface area contributed by atoms with E-state index in [2.05, 4.69) is 0 Å². The lowest BCUT2D eigenvalue weighted by molar-refractivity contribution is 0.384. The molecule has 0 spiro atoms. The van der Waals surface area contributed by atoms with Crippen LogP contribution >= 0.6 is 0 Å². The van der Waals surface area contributed by atoms with Crippen molar-refractivity contribution in [3.8, 4) is 5.75 Å². The predicted octanol–water partition coefficient (Wildman–Crippen LogP) is 2.36. The molecular weight excluding hydrogens is 205 g/mol. The molecule has 1 aromatic rings. The lowest BCUT2D eigenvalue weighted by atomic mass is 9.86. The fourth-order valence-corrected chi connectivity index (χ4v) is 2.77. The maximum atomic E-state index is 13.3. The Balaban J connectivity index is 2.01. The molecule has 0 aromatic heterocycles. The summed E-state index contributed by atoms with van der Waals surface area (Å²) in [5, 5.41) is 0. The number of rotatable bonds is 3. The van der Waals surface area contributed by atoms with Gasteiger partial charge in [0.15, 0.2) is 11.6 Å². The van der Waals surface area contributed by atoms with E-state index in [0.717, 1.165) is 31.2 Å². The maximum absolute atomic E-state index is 13.3. The van der Waals surface area contributed by atoms with Gasteiger partial charge in [-0.05, 0) is 43.4 Å². The minimum atomic E-state index is -0.302. The Kier molecular flexibility index (Phi) is 1.88. The average Bonchev–Trinajstić information content (AvgIpc) is 3.14. The molecule has 2 saturated carbocycles. The molecule has 3 heteroatoms. The molecule has 0 saturated heterocycles. The number of hydrogen-bond acceptors (Lipinski definition) is 2. The van der Waals surface area contributed by atoms with Crippen molar-refractivity contribution >= 4 is 0 Å². The van der Waals surface area contributed by atoms with Crippen molar-refractivity contribution < 1.29 is 9.13 Å². The zero-order chi connectivity index (χ0) is 11.4. The van der Waals surface area contributed by atoms with Crippen LogP contribution in [0.3, 0.4) is 0 Å². The lowest BCUT2D eigenvalue weighted by Gasteiger charge is -2.23. The second-order valence-corrected chi connectivity index (χ2v) is 5.09. The normalized spacial score (nSPS) is 23.9. The van der Waals surface area contributed by atoms with E-state index >= 15 is 0 Å². The van der Waals surface area contributed by atoms with Crippen molar-refractivity contribution in [3.63, 3.8) is 0 Å². The van der Waals surface area contributed by atoms with E-state index in [1.54, 1.807) is 0 Å². The quantitative estimate of drug-likeness (QED) is 0.850. The fourth-order valence-electron chi connectivity index (χ4n) is 2.77.